The van der Waals surface area contributed by atoms with Gasteiger partial charge in [0.15, 0.2) is 5.11 Å². The summed E-state index contributed by atoms with van der Waals surface area (Å²) in [6, 6.07) is 23.4. The van der Waals surface area contributed by atoms with Crippen molar-refractivity contribution in [2.75, 3.05) is 22.6 Å². The smallest absolute Gasteiger partial charge is 0.237 e. The van der Waals surface area contributed by atoms with Gasteiger partial charge in [0.05, 0.1) is 11.9 Å². The number of carbonyl (C=O) groups excluding carboxylic acids is 1. The van der Waals surface area contributed by atoms with Gasteiger partial charge in [0, 0.05) is 22.0 Å². The lowest BCUT2D eigenvalue weighted by Gasteiger charge is -2.14. The van der Waals surface area contributed by atoms with Crippen LogP contribution in [0, 0.1) is 6.92 Å². The van der Waals surface area contributed by atoms with Crippen molar-refractivity contribution in [1.29, 1.82) is 0 Å². The zero-order valence-electron chi connectivity index (χ0n) is 19.8. The van der Waals surface area contributed by atoms with Crippen LogP contribution in [0.2, 0.25) is 0 Å². The van der Waals surface area contributed by atoms with Crippen LogP contribution in [-0.4, -0.2) is 22.9 Å². The topological polar surface area (TPSA) is 62.4 Å². The lowest BCUT2D eigenvalue weighted by Crippen LogP contribution is -2.22. The Morgan fingerprint density at radius 1 is 0.941 bits per heavy atom. The maximum Gasteiger partial charge on any atom is 0.237 e. The number of aryl methyl sites for hydroxylation is 1. The summed E-state index contributed by atoms with van der Waals surface area (Å²) in [5.41, 5.74) is 3.74. The van der Waals surface area contributed by atoms with Gasteiger partial charge < -0.3 is 20.7 Å². The Bertz CT molecular complexity index is 1090. The summed E-state index contributed by atoms with van der Waals surface area (Å²) in [4.78, 5) is 13.7. The first-order valence-electron chi connectivity index (χ1n) is 11.4. The van der Waals surface area contributed by atoms with Crippen molar-refractivity contribution >= 4 is 52.1 Å². The number of benzene rings is 3. The van der Waals surface area contributed by atoms with Crippen molar-refractivity contribution in [2.45, 2.75) is 43.8 Å². The number of hydrogen-bond donors (Lipinski definition) is 3. The highest BCUT2D eigenvalue weighted by Gasteiger charge is 2.15. The van der Waals surface area contributed by atoms with Crippen LogP contribution in [0.25, 0.3) is 0 Å². The highest BCUT2D eigenvalue weighted by molar-refractivity contribution is 8.00. The van der Waals surface area contributed by atoms with Gasteiger partial charge in [-0.1, -0.05) is 37.1 Å². The molecule has 178 valence electrons. The molecule has 0 spiro atoms. The third kappa shape index (κ3) is 8.39. The molecule has 0 aromatic heterocycles. The van der Waals surface area contributed by atoms with E-state index in [9.17, 15) is 4.79 Å². The van der Waals surface area contributed by atoms with E-state index in [0.29, 0.717) is 11.7 Å². The van der Waals surface area contributed by atoms with Gasteiger partial charge in [-0.15, -0.1) is 11.8 Å². The Kier molecular flexibility index (Phi) is 9.79. The number of thiocarbonyl (C=S) groups is 1. The number of ether oxygens (including phenoxy) is 1. The van der Waals surface area contributed by atoms with Crippen LogP contribution in [-0.2, 0) is 4.79 Å². The van der Waals surface area contributed by atoms with Crippen molar-refractivity contribution in [1.82, 2.24) is 0 Å². The lowest BCUT2D eigenvalue weighted by molar-refractivity contribution is -0.115. The molecule has 1 unspecified atom stereocenters. The molecule has 0 aliphatic rings. The molecule has 34 heavy (non-hydrogen) atoms. The van der Waals surface area contributed by atoms with Crippen LogP contribution in [0.1, 0.15) is 32.3 Å². The van der Waals surface area contributed by atoms with Crippen molar-refractivity contribution < 1.29 is 9.53 Å². The second-order valence-electron chi connectivity index (χ2n) is 7.95. The number of carbonyl (C=O) groups is 1. The molecule has 0 fully saturated rings. The van der Waals surface area contributed by atoms with Gasteiger partial charge in [-0.25, -0.2) is 0 Å². The Balaban J connectivity index is 1.50. The Morgan fingerprint density at radius 2 is 1.59 bits per heavy atom. The van der Waals surface area contributed by atoms with Crippen molar-refractivity contribution in [3.05, 3.63) is 78.4 Å². The average molecular weight is 494 g/mol. The molecule has 3 rings (SSSR count). The predicted octanol–water partition coefficient (Wildman–Crippen LogP) is 7.10. The monoisotopic (exact) mass is 493 g/mol. The fourth-order valence-electron chi connectivity index (χ4n) is 3.05. The Hall–Kier alpha value is -3.03. The maximum atomic E-state index is 12.7. The fraction of sp³-hybridized carbons (Fsp3) is 0.259. The maximum absolute atomic E-state index is 12.7. The summed E-state index contributed by atoms with van der Waals surface area (Å²) in [5, 5.41) is 9.60. The van der Waals surface area contributed by atoms with Crippen LogP contribution >= 0.6 is 24.0 Å². The molecule has 0 bridgehead atoms. The van der Waals surface area contributed by atoms with E-state index in [1.165, 1.54) is 17.3 Å². The standard InChI is InChI=1S/C27H31N3O2S2/c1-4-5-17-32-24-15-13-21(14-16-24)28-26(31)20(3)34-25-8-6-7-23(18-25)30-27(33)29-22-11-9-19(2)10-12-22/h6-16,18,20H,4-5,17H2,1-3H3,(H,28,31)(H2,29,30,33). The first-order valence-corrected chi connectivity index (χ1v) is 12.7. The molecule has 0 heterocycles. The SMILES string of the molecule is CCCCOc1ccc(NC(=O)C(C)Sc2cccc(NC(=S)Nc3ccc(C)cc3)c2)cc1. The van der Waals surface area contributed by atoms with Crippen LogP contribution < -0.4 is 20.7 Å². The minimum atomic E-state index is -0.270. The van der Waals surface area contributed by atoms with E-state index >= 15 is 0 Å². The predicted molar refractivity (Wildman–Crippen MR) is 148 cm³/mol. The van der Waals surface area contributed by atoms with Gasteiger partial charge in [-0.3, -0.25) is 4.79 Å². The van der Waals surface area contributed by atoms with E-state index in [4.69, 9.17) is 17.0 Å². The number of anilines is 3. The Labute approximate surface area is 211 Å². The summed E-state index contributed by atoms with van der Waals surface area (Å²) < 4.78 is 5.67. The molecule has 0 saturated heterocycles. The third-order valence-electron chi connectivity index (χ3n) is 4.97. The largest absolute Gasteiger partial charge is 0.494 e. The van der Waals surface area contributed by atoms with Crippen molar-refractivity contribution in [2.24, 2.45) is 0 Å². The number of hydrogen-bond acceptors (Lipinski definition) is 4. The molecule has 7 heteroatoms. The van der Waals surface area contributed by atoms with Crippen molar-refractivity contribution in [3.8, 4) is 5.75 Å². The van der Waals surface area contributed by atoms with Gasteiger partial charge in [-0.05, 0) is 87.1 Å². The summed E-state index contributed by atoms with van der Waals surface area (Å²) in [7, 11) is 0. The second-order valence-corrected chi connectivity index (χ2v) is 9.77. The third-order valence-corrected chi connectivity index (χ3v) is 6.27. The van der Waals surface area contributed by atoms with Crippen molar-refractivity contribution in [3.63, 3.8) is 0 Å². The average Bonchev–Trinajstić information content (AvgIpc) is 2.82. The van der Waals surface area contributed by atoms with E-state index < -0.39 is 0 Å². The molecule has 0 aliphatic carbocycles. The fourth-order valence-corrected chi connectivity index (χ4v) is 4.21. The number of amides is 1. The van der Waals surface area contributed by atoms with E-state index in [1.807, 2.05) is 86.6 Å². The minimum absolute atomic E-state index is 0.0560. The molecule has 3 N–H and O–H groups in total. The molecule has 0 radical (unpaired) electrons. The van der Waals surface area contributed by atoms with Crippen LogP contribution in [0.15, 0.2) is 77.7 Å². The second kappa shape index (κ2) is 13.0. The highest BCUT2D eigenvalue weighted by atomic mass is 32.2. The lowest BCUT2D eigenvalue weighted by atomic mass is 10.2. The van der Waals surface area contributed by atoms with E-state index in [2.05, 4.69) is 22.9 Å². The number of rotatable bonds is 10. The molecule has 3 aromatic carbocycles. The molecular weight excluding hydrogens is 462 g/mol. The minimum Gasteiger partial charge on any atom is -0.494 e. The van der Waals surface area contributed by atoms with Gasteiger partial charge in [0.2, 0.25) is 5.91 Å². The molecule has 1 atom stereocenters. The van der Waals surface area contributed by atoms with E-state index in [-0.39, 0.29) is 11.2 Å². The first kappa shape index (κ1) is 25.6. The van der Waals surface area contributed by atoms with E-state index in [0.717, 1.165) is 40.5 Å². The quantitative estimate of drug-likeness (QED) is 0.159. The van der Waals surface area contributed by atoms with E-state index in [1.54, 1.807) is 0 Å². The zero-order valence-corrected chi connectivity index (χ0v) is 21.4. The summed E-state index contributed by atoms with van der Waals surface area (Å²) in [6.07, 6.45) is 2.12. The van der Waals surface area contributed by atoms with Crippen LogP contribution in [0.3, 0.4) is 0 Å². The Morgan fingerprint density at radius 3 is 2.29 bits per heavy atom. The molecule has 3 aromatic rings. The highest BCUT2D eigenvalue weighted by Crippen LogP contribution is 2.27. The van der Waals surface area contributed by atoms with Crippen LogP contribution in [0.4, 0.5) is 17.1 Å². The van der Waals surface area contributed by atoms with Gasteiger partial charge >= 0.3 is 0 Å². The number of unbranched alkanes of at least 4 members (excludes halogenated alkanes) is 1. The molecular formula is C27H31N3O2S2. The van der Waals surface area contributed by atoms with Gasteiger partial charge in [0.1, 0.15) is 5.75 Å². The van der Waals surface area contributed by atoms with Gasteiger partial charge in [-0.2, -0.15) is 0 Å². The molecule has 1 amide bonds. The normalized spacial score (nSPS) is 11.4. The first-order chi connectivity index (χ1) is 16.4. The van der Waals surface area contributed by atoms with Gasteiger partial charge in [0.25, 0.3) is 0 Å². The summed E-state index contributed by atoms with van der Waals surface area (Å²) >= 11 is 6.93. The number of thioether (sulfide) groups is 1. The molecule has 0 aliphatic heterocycles. The summed E-state index contributed by atoms with van der Waals surface area (Å²) in [6.45, 7) is 6.78. The zero-order chi connectivity index (χ0) is 24.3. The van der Waals surface area contributed by atoms with Crippen LogP contribution in [0.5, 0.6) is 5.75 Å². The molecule has 5 nitrogen and oxygen atoms in total. The summed E-state index contributed by atoms with van der Waals surface area (Å²) in [5.74, 6) is 0.757. The number of nitrogens with one attached hydrogen (secondary N) is 3. The molecule has 0 saturated carbocycles.